The molecule has 0 aliphatic heterocycles. The standard InChI is InChI=1S/C21H16N4O3/c26-18(12-14-8-5-7-13-6-1-2-9-15(13)14)22-25-21(28)19-16-10-3-4-11-17(16)20(27)24-23-19/h1-11H,12H2,(H,22,26)(H,24,27)(H,25,28). The van der Waals surface area contributed by atoms with Gasteiger partial charge in [0, 0.05) is 5.39 Å². The van der Waals surface area contributed by atoms with E-state index in [0.29, 0.717) is 10.8 Å². The molecule has 0 unspecified atom stereocenters. The van der Waals surface area contributed by atoms with Crippen LogP contribution in [0.25, 0.3) is 21.5 Å². The molecule has 0 saturated heterocycles. The number of aromatic amines is 1. The van der Waals surface area contributed by atoms with E-state index in [1.54, 1.807) is 24.3 Å². The minimum Gasteiger partial charge on any atom is -0.273 e. The maximum absolute atomic E-state index is 12.4. The van der Waals surface area contributed by atoms with Gasteiger partial charge in [-0.2, -0.15) is 5.10 Å². The largest absolute Gasteiger partial charge is 0.290 e. The highest BCUT2D eigenvalue weighted by atomic mass is 16.2. The van der Waals surface area contributed by atoms with Crippen LogP contribution in [0.1, 0.15) is 16.1 Å². The molecule has 7 nitrogen and oxygen atoms in total. The summed E-state index contributed by atoms with van der Waals surface area (Å²) < 4.78 is 0. The molecular formula is C21H16N4O3. The van der Waals surface area contributed by atoms with Crippen LogP contribution in [-0.2, 0) is 11.2 Å². The van der Waals surface area contributed by atoms with E-state index in [9.17, 15) is 14.4 Å². The number of H-pyrrole nitrogens is 1. The minimum atomic E-state index is -0.612. The zero-order chi connectivity index (χ0) is 19.5. The third-order valence-corrected chi connectivity index (χ3v) is 4.46. The maximum Gasteiger partial charge on any atom is 0.290 e. The summed E-state index contributed by atoms with van der Waals surface area (Å²) in [4.78, 5) is 36.5. The lowest BCUT2D eigenvalue weighted by Crippen LogP contribution is -2.43. The molecule has 3 aromatic carbocycles. The number of nitrogens with zero attached hydrogens (tertiary/aromatic N) is 1. The van der Waals surface area contributed by atoms with Crippen molar-refractivity contribution in [2.24, 2.45) is 0 Å². The molecule has 138 valence electrons. The number of amides is 2. The third-order valence-electron chi connectivity index (χ3n) is 4.46. The van der Waals surface area contributed by atoms with Gasteiger partial charge < -0.3 is 0 Å². The molecule has 3 N–H and O–H groups in total. The zero-order valence-corrected chi connectivity index (χ0v) is 14.7. The van der Waals surface area contributed by atoms with Gasteiger partial charge in [-0.05, 0) is 22.4 Å². The number of rotatable bonds is 3. The monoisotopic (exact) mass is 372 g/mol. The van der Waals surface area contributed by atoms with Crippen molar-refractivity contribution in [2.75, 3.05) is 0 Å². The van der Waals surface area contributed by atoms with E-state index < -0.39 is 5.91 Å². The van der Waals surface area contributed by atoms with Crippen molar-refractivity contribution in [3.8, 4) is 0 Å². The van der Waals surface area contributed by atoms with Gasteiger partial charge in [-0.15, -0.1) is 0 Å². The average molecular weight is 372 g/mol. The quantitative estimate of drug-likeness (QED) is 0.479. The topological polar surface area (TPSA) is 104 Å². The van der Waals surface area contributed by atoms with E-state index in [2.05, 4.69) is 21.0 Å². The number of fused-ring (bicyclic) bond motifs is 2. The molecule has 0 aliphatic rings. The third kappa shape index (κ3) is 3.33. The van der Waals surface area contributed by atoms with E-state index in [0.717, 1.165) is 16.3 Å². The molecule has 0 bridgehead atoms. The predicted octanol–water partition coefficient (Wildman–Crippen LogP) is 2.08. The normalized spacial score (nSPS) is 10.7. The van der Waals surface area contributed by atoms with Gasteiger partial charge in [-0.1, -0.05) is 60.7 Å². The van der Waals surface area contributed by atoms with Crippen LogP contribution >= 0.6 is 0 Å². The Labute approximate surface area is 159 Å². The molecule has 0 aliphatic carbocycles. The average Bonchev–Trinajstić information content (AvgIpc) is 2.73. The summed E-state index contributed by atoms with van der Waals surface area (Å²) in [6, 6.07) is 20.2. The number of carbonyl (C=O) groups excluding carboxylic acids is 2. The van der Waals surface area contributed by atoms with Crippen LogP contribution in [-0.4, -0.2) is 22.0 Å². The molecule has 0 saturated carbocycles. The fraction of sp³-hybridized carbons (Fsp3) is 0.0476. The number of carbonyl (C=O) groups is 2. The summed E-state index contributed by atoms with van der Waals surface area (Å²) in [7, 11) is 0. The Balaban J connectivity index is 1.49. The van der Waals surface area contributed by atoms with Gasteiger partial charge in [0.1, 0.15) is 0 Å². The molecule has 0 spiro atoms. The lowest BCUT2D eigenvalue weighted by molar-refractivity contribution is -0.121. The van der Waals surface area contributed by atoms with Gasteiger partial charge in [-0.3, -0.25) is 25.2 Å². The molecule has 1 heterocycles. The Morgan fingerprint density at radius 1 is 0.821 bits per heavy atom. The van der Waals surface area contributed by atoms with E-state index in [1.165, 1.54) is 0 Å². The second-order valence-corrected chi connectivity index (χ2v) is 6.26. The number of benzene rings is 3. The van der Waals surface area contributed by atoms with Crippen molar-refractivity contribution >= 4 is 33.4 Å². The molecule has 4 aromatic rings. The van der Waals surface area contributed by atoms with Crippen LogP contribution in [0.15, 0.2) is 71.5 Å². The Bertz CT molecular complexity index is 1260. The first-order chi connectivity index (χ1) is 13.6. The van der Waals surface area contributed by atoms with Gasteiger partial charge in [-0.25, -0.2) is 5.10 Å². The lowest BCUT2D eigenvalue weighted by atomic mass is 10.0. The van der Waals surface area contributed by atoms with Crippen LogP contribution < -0.4 is 16.4 Å². The number of aromatic nitrogens is 2. The number of hydrogen-bond acceptors (Lipinski definition) is 4. The van der Waals surface area contributed by atoms with Gasteiger partial charge >= 0.3 is 0 Å². The number of hydrazine groups is 1. The summed E-state index contributed by atoms with van der Waals surface area (Å²) in [5, 5.41) is 8.89. The first-order valence-electron chi connectivity index (χ1n) is 8.67. The van der Waals surface area contributed by atoms with Crippen LogP contribution in [0.3, 0.4) is 0 Å². The van der Waals surface area contributed by atoms with Gasteiger partial charge in [0.2, 0.25) is 5.91 Å². The lowest BCUT2D eigenvalue weighted by Gasteiger charge is -2.09. The molecule has 7 heteroatoms. The molecule has 0 fully saturated rings. The number of nitrogens with one attached hydrogen (secondary N) is 3. The first kappa shape index (κ1) is 17.4. The first-order valence-corrected chi connectivity index (χ1v) is 8.67. The highest BCUT2D eigenvalue weighted by Gasteiger charge is 2.15. The Hall–Kier alpha value is -4.00. The zero-order valence-electron chi connectivity index (χ0n) is 14.7. The van der Waals surface area contributed by atoms with Crippen molar-refractivity contribution in [2.45, 2.75) is 6.42 Å². The molecule has 28 heavy (non-hydrogen) atoms. The second-order valence-electron chi connectivity index (χ2n) is 6.26. The van der Waals surface area contributed by atoms with E-state index in [-0.39, 0.29) is 23.6 Å². The molecule has 4 rings (SSSR count). The molecule has 0 atom stereocenters. The second kappa shape index (κ2) is 7.32. The van der Waals surface area contributed by atoms with Crippen LogP contribution in [0.4, 0.5) is 0 Å². The molecule has 1 aromatic heterocycles. The van der Waals surface area contributed by atoms with Crippen molar-refractivity contribution in [3.05, 3.63) is 88.3 Å². The predicted molar refractivity (Wildman–Crippen MR) is 106 cm³/mol. The van der Waals surface area contributed by atoms with Crippen molar-refractivity contribution in [3.63, 3.8) is 0 Å². The SMILES string of the molecule is O=C(Cc1cccc2ccccc12)NNC(=O)c1n[nH]c(=O)c2ccccc12. The number of hydrogen-bond donors (Lipinski definition) is 3. The molecular weight excluding hydrogens is 356 g/mol. The van der Waals surface area contributed by atoms with Gasteiger partial charge in [0.25, 0.3) is 11.5 Å². The summed E-state index contributed by atoms with van der Waals surface area (Å²) in [6.07, 6.45) is 0.113. The van der Waals surface area contributed by atoms with Crippen molar-refractivity contribution in [1.29, 1.82) is 0 Å². The van der Waals surface area contributed by atoms with Crippen LogP contribution in [0, 0.1) is 0 Å². The fourth-order valence-electron chi connectivity index (χ4n) is 3.14. The van der Waals surface area contributed by atoms with Gasteiger partial charge in [0.15, 0.2) is 5.69 Å². The highest BCUT2D eigenvalue weighted by molar-refractivity contribution is 6.05. The van der Waals surface area contributed by atoms with Crippen LogP contribution in [0.5, 0.6) is 0 Å². The summed E-state index contributed by atoms with van der Waals surface area (Å²) in [5.41, 5.74) is 5.26. The highest BCUT2D eigenvalue weighted by Crippen LogP contribution is 2.18. The molecule has 2 amide bonds. The van der Waals surface area contributed by atoms with Crippen molar-refractivity contribution < 1.29 is 9.59 Å². The summed E-state index contributed by atoms with van der Waals surface area (Å²) >= 11 is 0. The van der Waals surface area contributed by atoms with E-state index >= 15 is 0 Å². The van der Waals surface area contributed by atoms with Crippen LogP contribution in [0.2, 0.25) is 0 Å². The van der Waals surface area contributed by atoms with E-state index in [1.807, 2.05) is 42.5 Å². The maximum atomic E-state index is 12.4. The smallest absolute Gasteiger partial charge is 0.273 e. The minimum absolute atomic E-state index is 0.0284. The van der Waals surface area contributed by atoms with Crippen molar-refractivity contribution in [1.82, 2.24) is 21.0 Å². The van der Waals surface area contributed by atoms with E-state index in [4.69, 9.17) is 0 Å². The Kier molecular flexibility index (Phi) is 4.55. The fourth-order valence-corrected chi connectivity index (χ4v) is 3.14. The van der Waals surface area contributed by atoms with Gasteiger partial charge in [0.05, 0.1) is 11.8 Å². The Morgan fingerprint density at radius 3 is 2.32 bits per heavy atom. The summed E-state index contributed by atoms with van der Waals surface area (Å²) in [5.74, 6) is -0.975. The molecule has 0 radical (unpaired) electrons. The Morgan fingerprint density at radius 2 is 1.50 bits per heavy atom. The summed E-state index contributed by atoms with van der Waals surface area (Å²) in [6.45, 7) is 0.